The van der Waals surface area contributed by atoms with Crippen LogP contribution in [0.25, 0.3) is 12.2 Å². The van der Waals surface area contributed by atoms with Crippen molar-refractivity contribution in [2.45, 2.75) is 6.61 Å². The smallest absolute Gasteiger partial charge is 0.150 e. The summed E-state index contributed by atoms with van der Waals surface area (Å²) in [5, 5.41) is 9.06. The Hall–Kier alpha value is -1.67. The average molecular weight is 188 g/mol. The van der Waals surface area contributed by atoms with Crippen LogP contribution in [0.4, 0.5) is 0 Å². The second kappa shape index (κ2) is 4.53. The molecule has 0 aliphatic rings. The fraction of sp³-hybridized carbons (Fsp3) is 0.0833. The van der Waals surface area contributed by atoms with Crippen LogP contribution in [0, 0.1) is 0 Å². The average Bonchev–Trinajstić information content (AvgIpc) is 2.26. The third-order valence-corrected chi connectivity index (χ3v) is 2.12. The van der Waals surface area contributed by atoms with E-state index in [4.69, 9.17) is 5.11 Å². The predicted octanol–water partition coefficient (Wildman–Crippen LogP) is 2.28. The molecule has 1 N–H and O–H groups in total. The van der Waals surface area contributed by atoms with Crippen LogP contribution in [0.15, 0.2) is 25.3 Å². The number of hydrogen-bond donors (Lipinski definition) is 1. The molecular weight excluding hydrogens is 176 g/mol. The number of benzene rings is 1. The van der Waals surface area contributed by atoms with E-state index in [1.165, 1.54) is 0 Å². The highest BCUT2D eigenvalue weighted by Crippen LogP contribution is 2.21. The lowest BCUT2D eigenvalue weighted by atomic mass is 9.96. The molecule has 0 heterocycles. The van der Waals surface area contributed by atoms with Crippen molar-refractivity contribution in [1.29, 1.82) is 0 Å². The first-order valence-electron chi connectivity index (χ1n) is 4.25. The van der Waals surface area contributed by atoms with E-state index in [9.17, 15) is 4.79 Å². The lowest BCUT2D eigenvalue weighted by molar-refractivity contribution is 0.112. The van der Waals surface area contributed by atoms with Crippen molar-refractivity contribution in [3.63, 3.8) is 0 Å². The van der Waals surface area contributed by atoms with E-state index in [0.29, 0.717) is 5.56 Å². The first-order chi connectivity index (χ1) is 6.78. The van der Waals surface area contributed by atoms with E-state index < -0.39 is 0 Å². The van der Waals surface area contributed by atoms with Crippen LogP contribution in [0.3, 0.4) is 0 Å². The Labute approximate surface area is 83.2 Å². The Bertz CT molecular complexity index is 378. The maximum Gasteiger partial charge on any atom is 0.150 e. The minimum absolute atomic E-state index is 0.0681. The summed E-state index contributed by atoms with van der Waals surface area (Å²) in [6.07, 6.45) is 3.99. The summed E-state index contributed by atoms with van der Waals surface area (Å²) in [5.74, 6) is 0. The molecule has 1 rings (SSSR count). The molecule has 0 aromatic heterocycles. The highest BCUT2D eigenvalue weighted by atomic mass is 16.3. The molecule has 1 aromatic carbocycles. The van der Waals surface area contributed by atoms with E-state index in [2.05, 4.69) is 13.2 Å². The van der Waals surface area contributed by atoms with Gasteiger partial charge >= 0.3 is 0 Å². The van der Waals surface area contributed by atoms with Gasteiger partial charge in [0.25, 0.3) is 0 Å². The van der Waals surface area contributed by atoms with Crippen molar-refractivity contribution in [3.8, 4) is 0 Å². The van der Waals surface area contributed by atoms with Crippen molar-refractivity contribution in [1.82, 2.24) is 0 Å². The number of hydrogen-bond acceptors (Lipinski definition) is 2. The Kier molecular flexibility index (Phi) is 3.37. The molecule has 0 saturated heterocycles. The largest absolute Gasteiger partial charge is 0.392 e. The van der Waals surface area contributed by atoms with Gasteiger partial charge in [0.2, 0.25) is 0 Å². The lowest BCUT2D eigenvalue weighted by Gasteiger charge is -2.08. The van der Waals surface area contributed by atoms with Gasteiger partial charge in [0.1, 0.15) is 0 Å². The van der Waals surface area contributed by atoms with E-state index in [-0.39, 0.29) is 6.61 Å². The summed E-state index contributed by atoms with van der Waals surface area (Å²) in [6.45, 7) is 7.22. The first-order valence-corrected chi connectivity index (χ1v) is 4.25. The van der Waals surface area contributed by atoms with Gasteiger partial charge in [0.05, 0.1) is 6.61 Å². The Balaban J connectivity index is 3.50. The van der Waals surface area contributed by atoms with Crippen LogP contribution >= 0.6 is 0 Å². The fourth-order valence-corrected chi connectivity index (χ4v) is 1.41. The van der Waals surface area contributed by atoms with Gasteiger partial charge in [0.15, 0.2) is 6.29 Å². The van der Waals surface area contributed by atoms with Gasteiger partial charge < -0.3 is 5.11 Å². The molecule has 2 nitrogen and oxygen atoms in total. The quantitative estimate of drug-likeness (QED) is 0.736. The van der Waals surface area contributed by atoms with Crippen molar-refractivity contribution in [2.24, 2.45) is 0 Å². The topological polar surface area (TPSA) is 37.3 Å². The fourth-order valence-electron chi connectivity index (χ4n) is 1.41. The summed E-state index contributed by atoms with van der Waals surface area (Å²) >= 11 is 0. The maximum atomic E-state index is 10.7. The van der Waals surface area contributed by atoms with Crippen LogP contribution in [0.2, 0.25) is 0 Å². The summed E-state index contributed by atoms with van der Waals surface area (Å²) in [4.78, 5) is 10.7. The molecular formula is C12H12O2. The molecule has 0 aliphatic carbocycles. The zero-order valence-electron chi connectivity index (χ0n) is 7.86. The van der Waals surface area contributed by atoms with E-state index in [1.54, 1.807) is 24.3 Å². The molecule has 0 spiro atoms. The summed E-state index contributed by atoms with van der Waals surface area (Å²) in [6, 6.07) is 3.39. The van der Waals surface area contributed by atoms with Crippen molar-refractivity contribution < 1.29 is 9.90 Å². The molecule has 0 amide bonds. The second-order valence-corrected chi connectivity index (χ2v) is 2.83. The van der Waals surface area contributed by atoms with Gasteiger partial charge in [-0.2, -0.15) is 0 Å². The van der Waals surface area contributed by atoms with Gasteiger partial charge in [0, 0.05) is 5.56 Å². The number of carbonyl (C=O) groups is 1. The SMILES string of the molecule is C=Cc1c(C=O)ccc(CO)c1C=C. The molecule has 0 bridgehead atoms. The summed E-state index contributed by atoms with van der Waals surface area (Å²) in [5.41, 5.74) is 2.81. The minimum atomic E-state index is -0.0681. The molecule has 0 fully saturated rings. The molecule has 0 saturated carbocycles. The van der Waals surface area contributed by atoms with Crippen molar-refractivity contribution >= 4 is 18.4 Å². The third-order valence-electron chi connectivity index (χ3n) is 2.12. The van der Waals surface area contributed by atoms with Gasteiger partial charge in [-0.1, -0.05) is 37.4 Å². The second-order valence-electron chi connectivity index (χ2n) is 2.83. The number of aliphatic hydroxyl groups excluding tert-OH is 1. The Morgan fingerprint density at radius 1 is 1.21 bits per heavy atom. The highest BCUT2D eigenvalue weighted by molar-refractivity contribution is 5.85. The zero-order valence-corrected chi connectivity index (χ0v) is 7.86. The van der Waals surface area contributed by atoms with Gasteiger partial charge in [-0.3, -0.25) is 4.79 Å². The molecule has 0 aliphatic heterocycles. The Morgan fingerprint density at radius 3 is 2.29 bits per heavy atom. The van der Waals surface area contributed by atoms with Crippen LogP contribution in [0.5, 0.6) is 0 Å². The van der Waals surface area contributed by atoms with Crippen LogP contribution in [0.1, 0.15) is 27.0 Å². The number of aldehydes is 1. The van der Waals surface area contributed by atoms with Crippen LogP contribution in [-0.4, -0.2) is 11.4 Å². The Morgan fingerprint density at radius 2 is 1.86 bits per heavy atom. The normalized spacial score (nSPS) is 9.50. The number of aliphatic hydroxyl groups is 1. The highest BCUT2D eigenvalue weighted by Gasteiger charge is 2.06. The van der Waals surface area contributed by atoms with Crippen LogP contribution in [-0.2, 0) is 6.61 Å². The molecule has 1 aromatic rings. The third kappa shape index (κ3) is 1.65. The molecule has 14 heavy (non-hydrogen) atoms. The zero-order chi connectivity index (χ0) is 10.6. The monoisotopic (exact) mass is 188 g/mol. The van der Waals surface area contributed by atoms with E-state index in [1.807, 2.05) is 0 Å². The molecule has 72 valence electrons. The minimum Gasteiger partial charge on any atom is -0.392 e. The van der Waals surface area contributed by atoms with Gasteiger partial charge in [-0.25, -0.2) is 0 Å². The van der Waals surface area contributed by atoms with Crippen molar-refractivity contribution in [3.05, 3.63) is 47.5 Å². The predicted molar refractivity (Wildman–Crippen MR) is 57.9 cm³/mol. The summed E-state index contributed by atoms with van der Waals surface area (Å²) < 4.78 is 0. The van der Waals surface area contributed by atoms with Gasteiger partial charge in [-0.15, -0.1) is 0 Å². The lowest BCUT2D eigenvalue weighted by Crippen LogP contribution is -1.96. The maximum absolute atomic E-state index is 10.7. The van der Waals surface area contributed by atoms with E-state index in [0.717, 1.165) is 23.0 Å². The van der Waals surface area contributed by atoms with Crippen molar-refractivity contribution in [2.75, 3.05) is 0 Å². The summed E-state index contributed by atoms with van der Waals surface area (Å²) in [7, 11) is 0. The van der Waals surface area contributed by atoms with Crippen LogP contribution < -0.4 is 0 Å². The van der Waals surface area contributed by atoms with E-state index >= 15 is 0 Å². The molecule has 2 heteroatoms. The molecule has 0 radical (unpaired) electrons. The molecule has 0 atom stereocenters. The van der Waals surface area contributed by atoms with Gasteiger partial charge in [-0.05, 0) is 16.7 Å². The molecule has 0 unspecified atom stereocenters. The standard InChI is InChI=1S/C12H12O2/c1-3-11-9(7-13)5-6-10(8-14)12(11)4-2/h3-7,14H,1-2,8H2. The number of carbonyl (C=O) groups excluding carboxylic acids is 1. The number of rotatable bonds is 4. The first kappa shape index (κ1) is 10.4.